The van der Waals surface area contributed by atoms with Crippen LogP contribution in [0.4, 0.5) is 0 Å². The molecule has 0 radical (unpaired) electrons. The number of hydrogen-bond donors (Lipinski definition) is 1. The number of halogens is 1. The van der Waals surface area contributed by atoms with Gasteiger partial charge in [0.05, 0.1) is 6.20 Å². The smallest absolute Gasteiger partial charge is 0.123 e. The molecule has 112 valence electrons. The second kappa shape index (κ2) is 7.29. The molecule has 0 spiro atoms. The molecule has 0 amide bonds. The van der Waals surface area contributed by atoms with Crippen LogP contribution in [0.5, 0.6) is 5.75 Å². The van der Waals surface area contributed by atoms with Gasteiger partial charge in [-0.25, -0.2) is 0 Å². The Hall–Kier alpha value is -1.78. The molecule has 2 rings (SSSR count). The van der Waals surface area contributed by atoms with Crippen LogP contribution in [0.25, 0.3) is 0 Å². The fourth-order valence-electron chi connectivity index (χ4n) is 1.97. The first-order valence-electron chi connectivity index (χ1n) is 6.81. The summed E-state index contributed by atoms with van der Waals surface area (Å²) in [7, 11) is 1.92. The predicted octanol–water partition coefficient (Wildman–Crippen LogP) is 3.40. The van der Waals surface area contributed by atoms with Gasteiger partial charge in [0.2, 0.25) is 0 Å². The van der Waals surface area contributed by atoms with Crippen LogP contribution in [-0.2, 0) is 13.6 Å². The molecule has 21 heavy (non-hydrogen) atoms. The van der Waals surface area contributed by atoms with Gasteiger partial charge in [0.15, 0.2) is 0 Å². The van der Waals surface area contributed by atoms with E-state index in [1.165, 1.54) is 11.1 Å². The van der Waals surface area contributed by atoms with Crippen LogP contribution in [0.2, 0.25) is 0 Å². The van der Waals surface area contributed by atoms with Crippen molar-refractivity contribution in [1.29, 1.82) is 0 Å². The number of nitrogens with one attached hydrogen (secondary N) is 1. The zero-order valence-electron chi connectivity index (χ0n) is 12.3. The van der Waals surface area contributed by atoms with Crippen molar-refractivity contribution in [2.75, 3.05) is 6.61 Å². The highest BCUT2D eigenvalue weighted by Gasteiger charge is 2.06. The summed E-state index contributed by atoms with van der Waals surface area (Å²) >= 11 is 5.67. The van der Waals surface area contributed by atoms with Gasteiger partial charge in [0.25, 0.3) is 0 Å². The molecule has 1 N–H and O–H groups in total. The van der Waals surface area contributed by atoms with Gasteiger partial charge in [0.1, 0.15) is 12.4 Å². The van der Waals surface area contributed by atoms with Crippen molar-refractivity contribution in [2.24, 2.45) is 7.05 Å². The van der Waals surface area contributed by atoms with Crippen LogP contribution in [0.1, 0.15) is 24.1 Å². The average molecular weight is 306 g/mol. The summed E-state index contributed by atoms with van der Waals surface area (Å²) < 4.78 is 7.28. The summed E-state index contributed by atoms with van der Waals surface area (Å²) in [6.07, 6.45) is 3.88. The fourth-order valence-corrected chi connectivity index (χ4v) is 2.02. The van der Waals surface area contributed by atoms with Crippen LogP contribution in [0.15, 0.2) is 48.3 Å². The van der Waals surface area contributed by atoms with Crippen LogP contribution in [0.3, 0.4) is 0 Å². The van der Waals surface area contributed by atoms with Gasteiger partial charge >= 0.3 is 0 Å². The second-order valence-corrected chi connectivity index (χ2v) is 5.53. The summed E-state index contributed by atoms with van der Waals surface area (Å²) in [6.45, 7) is 6.85. The Kier molecular flexibility index (Phi) is 5.42. The van der Waals surface area contributed by atoms with E-state index in [9.17, 15) is 0 Å². The van der Waals surface area contributed by atoms with Crippen molar-refractivity contribution in [1.82, 2.24) is 15.1 Å². The highest BCUT2D eigenvalue weighted by atomic mass is 35.5. The zero-order chi connectivity index (χ0) is 15.2. The van der Waals surface area contributed by atoms with Crippen molar-refractivity contribution in [3.8, 4) is 5.75 Å². The molecule has 0 aliphatic carbocycles. The van der Waals surface area contributed by atoms with E-state index < -0.39 is 0 Å². The van der Waals surface area contributed by atoms with E-state index in [1.807, 2.05) is 43.7 Å². The summed E-state index contributed by atoms with van der Waals surface area (Å²) in [5.74, 6) is 0.792. The Morgan fingerprint density at radius 2 is 2.14 bits per heavy atom. The minimum absolute atomic E-state index is 0.252. The van der Waals surface area contributed by atoms with Crippen LogP contribution >= 0.6 is 11.6 Å². The summed E-state index contributed by atoms with van der Waals surface area (Å²) in [5, 5.41) is 8.12. The monoisotopic (exact) mass is 305 g/mol. The van der Waals surface area contributed by atoms with E-state index >= 15 is 0 Å². The maximum atomic E-state index is 5.67. The van der Waals surface area contributed by atoms with Gasteiger partial charge in [-0.3, -0.25) is 4.68 Å². The van der Waals surface area contributed by atoms with Crippen LogP contribution in [-0.4, -0.2) is 16.4 Å². The Bertz CT molecular complexity index is 592. The minimum atomic E-state index is 0.252. The van der Waals surface area contributed by atoms with Crippen molar-refractivity contribution in [3.63, 3.8) is 0 Å². The molecule has 0 saturated heterocycles. The number of aromatic nitrogens is 2. The van der Waals surface area contributed by atoms with E-state index in [0.717, 1.165) is 12.3 Å². The lowest BCUT2D eigenvalue weighted by Crippen LogP contribution is -2.17. The molecule has 1 aromatic heterocycles. The lowest BCUT2D eigenvalue weighted by molar-refractivity contribution is 0.359. The second-order valence-electron chi connectivity index (χ2n) is 5.00. The van der Waals surface area contributed by atoms with E-state index in [1.54, 1.807) is 4.68 Å². The zero-order valence-corrected chi connectivity index (χ0v) is 13.1. The molecule has 0 saturated carbocycles. The SMILES string of the molecule is C=C(Cl)COc1ccc([C@H](C)NCc2cnn(C)c2)cc1. The number of aryl methyl sites for hydroxylation is 1. The number of ether oxygens (including phenoxy) is 1. The largest absolute Gasteiger partial charge is 0.488 e. The van der Waals surface area contributed by atoms with Crippen LogP contribution in [0, 0.1) is 0 Å². The van der Waals surface area contributed by atoms with Crippen molar-refractivity contribution >= 4 is 11.6 Å². The highest BCUT2D eigenvalue weighted by Crippen LogP contribution is 2.18. The Morgan fingerprint density at radius 1 is 1.43 bits per heavy atom. The van der Waals surface area contributed by atoms with E-state index in [2.05, 4.69) is 23.9 Å². The van der Waals surface area contributed by atoms with E-state index in [0.29, 0.717) is 11.6 Å². The molecule has 2 aromatic rings. The summed E-state index contributed by atoms with van der Waals surface area (Å²) in [6, 6.07) is 8.23. The van der Waals surface area contributed by atoms with Crippen molar-refractivity contribution in [2.45, 2.75) is 19.5 Å². The molecule has 1 atom stereocenters. The first-order chi connectivity index (χ1) is 10.0. The van der Waals surface area contributed by atoms with Gasteiger partial charge in [-0.05, 0) is 24.6 Å². The van der Waals surface area contributed by atoms with Gasteiger partial charge in [-0.15, -0.1) is 0 Å². The quantitative estimate of drug-likeness (QED) is 0.852. The molecule has 1 heterocycles. The first kappa shape index (κ1) is 15.6. The number of hydrogen-bond acceptors (Lipinski definition) is 3. The Balaban J connectivity index is 1.87. The van der Waals surface area contributed by atoms with Gasteiger partial charge < -0.3 is 10.1 Å². The maximum Gasteiger partial charge on any atom is 0.123 e. The standard InChI is InChI=1S/C16H20ClN3O/c1-12(17)11-21-16-6-4-15(5-7-16)13(2)18-8-14-9-19-20(3)10-14/h4-7,9-10,13,18H,1,8,11H2,2-3H3/t13-/m0/s1. The summed E-state index contributed by atoms with van der Waals surface area (Å²) in [4.78, 5) is 0. The molecule has 1 aromatic carbocycles. The molecule has 0 fully saturated rings. The third-order valence-corrected chi connectivity index (χ3v) is 3.26. The Labute approximate surface area is 130 Å². The lowest BCUT2D eigenvalue weighted by Gasteiger charge is -2.14. The normalized spacial score (nSPS) is 12.1. The third-order valence-electron chi connectivity index (χ3n) is 3.15. The minimum Gasteiger partial charge on any atom is -0.488 e. The fraction of sp³-hybridized carbons (Fsp3) is 0.312. The molecule has 0 bridgehead atoms. The number of benzene rings is 1. The average Bonchev–Trinajstić information content (AvgIpc) is 2.89. The first-order valence-corrected chi connectivity index (χ1v) is 7.19. The molecular formula is C16H20ClN3O. The van der Waals surface area contributed by atoms with Gasteiger partial charge in [-0.1, -0.05) is 30.3 Å². The van der Waals surface area contributed by atoms with Gasteiger partial charge in [-0.2, -0.15) is 5.10 Å². The molecule has 4 nitrogen and oxygen atoms in total. The highest BCUT2D eigenvalue weighted by molar-refractivity contribution is 6.29. The summed E-state index contributed by atoms with van der Waals surface area (Å²) in [5.41, 5.74) is 2.38. The van der Waals surface area contributed by atoms with Gasteiger partial charge in [0, 0.05) is 36.4 Å². The molecule has 0 aliphatic heterocycles. The number of nitrogens with zero attached hydrogens (tertiary/aromatic N) is 2. The number of rotatable bonds is 7. The topological polar surface area (TPSA) is 39.1 Å². The molecular weight excluding hydrogens is 286 g/mol. The van der Waals surface area contributed by atoms with Crippen molar-refractivity contribution < 1.29 is 4.74 Å². The van der Waals surface area contributed by atoms with E-state index in [-0.39, 0.29) is 6.04 Å². The molecule has 5 heteroatoms. The molecule has 0 unspecified atom stereocenters. The predicted molar refractivity (Wildman–Crippen MR) is 85.4 cm³/mol. The maximum absolute atomic E-state index is 5.67. The van der Waals surface area contributed by atoms with Crippen LogP contribution < -0.4 is 10.1 Å². The third kappa shape index (κ3) is 4.92. The lowest BCUT2D eigenvalue weighted by atomic mass is 10.1. The van der Waals surface area contributed by atoms with Crippen molar-refractivity contribution in [3.05, 3.63) is 59.4 Å². The van der Waals surface area contributed by atoms with E-state index in [4.69, 9.17) is 16.3 Å². The molecule has 0 aliphatic rings. The Morgan fingerprint density at radius 3 is 2.71 bits per heavy atom.